The number of hydrogen-bond donors (Lipinski definition) is 2. The molecule has 0 atom stereocenters. The Kier molecular flexibility index (Phi) is 6.25. The first kappa shape index (κ1) is 18.0. The lowest BCUT2D eigenvalue weighted by molar-refractivity contribution is -0.131. The van der Waals surface area contributed by atoms with E-state index in [1.165, 1.54) is 5.56 Å². The molecular formula is C21H25N3O2. The second-order valence-corrected chi connectivity index (χ2v) is 6.59. The second-order valence-electron chi connectivity index (χ2n) is 6.59. The summed E-state index contributed by atoms with van der Waals surface area (Å²) in [5.41, 5.74) is 2.37. The Morgan fingerprint density at radius 1 is 0.885 bits per heavy atom. The zero-order valence-corrected chi connectivity index (χ0v) is 14.9. The highest BCUT2D eigenvalue weighted by Crippen LogP contribution is 2.27. The zero-order valence-electron chi connectivity index (χ0n) is 14.9. The highest BCUT2D eigenvalue weighted by Gasteiger charge is 2.23. The lowest BCUT2D eigenvalue weighted by atomic mass is 9.89. The van der Waals surface area contributed by atoms with Crippen LogP contribution in [-0.2, 0) is 11.3 Å². The number of carbonyl (C=O) groups is 2. The molecule has 0 bridgehead atoms. The summed E-state index contributed by atoms with van der Waals surface area (Å²) in [5.74, 6) is 0.494. The molecule has 1 fully saturated rings. The van der Waals surface area contributed by atoms with Crippen molar-refractivity contribution in [3.8, 4) is 0 Å². The van der Waals surface area contributed by atoms with Crippen LogP contribution >= 0.6 is 0 Å². The van der Waals surface area contributed by atoms with Crippen LogP contribution in [0, 0.1) is 0 Å². The molecule has 26 heavy (non-hydrogen) atoms. The summed E-state index contributed by atoms with van der Waals surface area (Å²) in [4.78, 5) is 26.0. The highest BCUT2D eigenvalue weighted by molar-refractivity contribution is 5.84. The monoisotopic (exact) mass is 351 g/mol. The van der Waals surface area contributed by atoms with Gasteiger partial charge in [-0.1, -0.05) is 60.7 Å². The molecule has 5 heteroatoms. The number of carbonyl (C=O) groups excluding carboxylic acids is 2. The summed E-state index contributed by atoms with van der Waals surface area (Å²) < 4.78 is 0. The van der Waals surface area contributed by atoms with E-state index in [1.807, 2.05) is 41.3 Å². The summed E-state index contributed by atoms with van der Waals surface area (Å²) in [5, 5.41) is 5.42. The number of piperidine rings is 1. The SMILES string of the molecule is O=C(NCC(=O)N1CCC(c2ccccc2)CC1)NCc1ccccc1. The van der Waals surface area contributed by atoms with Crippen molar-refractivity contribution < 1.29 is 9.59 Å². The number of urea groups is 1. The lowest BCUT2D eigenvalue weighted by Crippen LogP contribution is -2.45. The third kappa shape index (κ3) is 5.09. The Labute approximate surface area is 154 Å². The molecule has 2 aromatic carbocycles. The molecule has 3 amide bonds. The van der Waals surface area contributed by atoms with Gasteiger partial charge in [-0.3, -0.25) is 4.79 Å². The van der Waals surface area contributed by atoms with Gasteiger partial charge in [-0.2, -0.15) is 0 Å². The van der Waals surface area contributed by atoms with Crippen molar-refractivity contribution in [2.24, 2.45) is 0 Å². The van der Waals surface area contributed by atoms with Crippen LogP contribution in [0.25, 0.3) is 0 Å². The molecule has 0 radical (unpaired) electrons. The third-order valence-corrected chi connectivity index (χ3v) is 4.81. The maximum absolute atomic E-state index is 12.3. The van der Waals surface area contributed by atoms with Gasteiger partial charge in [0.05, 0.1) is 6.54 Å². The van der Waals surface area contributed by atoms with E-state index in [-0.39, 0.29) is 18.5 Å². The van der Waals surface area contributed by atoms with Gasteiger partial charge < -0.3 is 15.5 Å². The molecule has 2 aromatic rings. The van der Waals surface area contributed by atoms with Crippen LogP contribution in [0.2, 0.25) is 0 Å². The van der Waals surface area contributed by atoms with Crippen molar-refractivity contribution in [1.29, 1.82) is 0 Å². The first-order valence-electron chi connectivity index (χ1n) is 9.11. The topological polar surface area (TPSA) is 61.4 Å². The Hall–Kier alpha value is -2.82. The normalized spacial score (nSPS) is 14.7. The van der Waals surface area contributed by atoms with Gasteiger partial charge >= 0.3 is 6.03 Å². The van der Waals surface area contributed by atoms with E-state index in [2.05, 4.69) is 34.9 Å². The number of amides is 3. The third-order valence-electron chi connectivity index (χ3n) is 4.81. The maximum atomic E-state index is 12.3. The van der Waals surface area contributed by atoms with Gasteiger partial charge in [-0.05, 0) is 29.9 Å². The molecule has 3 rings (SSSR count). The van der Waals surface area contributed by atoms with Crippen molar-refractivity contribution in [3.63, 3.8) is 0 Å². The largest absolute Gasteiger partial charge is 0.341 e. The number of rotatable bonds is 5. The standard InChI is InChI=1S/C21H25N3O2/c25-20(16-23-21(26)22-15-17-7-3-1-4-8-17)24-13-11-19(12-14-24)18-9-5-2-6-10-18/h1-10,19H,11-16H2,(H2,22,23,26). The molecule has 5 nitrogen and oxygen atoms in total. The molecule has 0 aromatic heterocycles. The molecule has 1 heterocycles. The molecule has 0 spiro atoms. The number of nitrogens with one attached hydrogen (secondary N) is 2. The van der Waals surface area contributed by atoms with Crippen molar-refractivity contribution in [1.82, 2.24) is 15.5 Å². The molecule has 0 saturated carbocycles. The van der Waals surface area contributed by atoms with Crippen LogP contribution in [0.15, 0.2) is 60.7 Å². The van der Waals surface area contributed by atoms with Crippen LogP contribution in [0.3, 0.4) is 0 Å². The summed E-state index contributed by atoms with van der Waals surface area (Å²) in [6.45, 7) is 1.97. The Morgan fingerprint density at radius 3 is 2.15 bits per heavy atom. The first-order valence-corrected chi connectivity index (χ1v) is 9.11. The lowest BCUT2D eigenvalue weighted by Gasteiger charge is -2.32. The molecule has 1 aliphatic rings. The fourth-order valence-corrected chi connectivity index (χ4v) is 3.30. The minimum Gasteiger partial charge on any atom is -0.341 e. The van der Waals surface area contributed by atoms with Crippen LogP contribution in [0.4, 0.5) is 4.79 Å². The molecule has 0 unspecified atom stereocenters. The van der Waals surface area contributed by atoms with Gasteiger partial charge in [0, 0.05) is 19.6 Å². The van der Waals surface area contributed by atoms with Crippen molar-refractivity contribution in [2.45, 2.75) is 25.3 Å². The molecular weight excluding hydrogens is 326 g/mol. The van der Waals surface area contributed by atoms with E-state index in [1.54, 1.807) is 0 Å². The van der Waals surface area contributed by atoms with Crippen molar-refractivity contribution in [2.75, 3.05) is 19.6 Å². The predicted molar refractivity (Wildman–Crippen MR) is 102 cm³/mol. The van der Waals surface area contributed by atoms with Gasteiger partial charge in [-0.25, -0.2) is 4.79 Å². The van der Waals surface area contributed by atoms with Gasteiger partial charge in [0.15, 0.2) is 0 Å². The van der Waals surface area contributed by atoms with E-state index in [4.69, 9.17) is 0 Å². The second kappa shape index (κ2) is 9.04. The smallest absolute Gasteiger partial charge is 0.315 e. The van der Waals surface area contributed by atoms with Gasteiger partial charge in [0.1, 0.15) is 0 Å². The zero-order chi connectivity index (χ0) is 18.2. The molecule has 1 aliphatic heterocycles. The Morgan fingerprint density at radius 2 is 1.50 bits per heavy atom. The number of benzene rings is 2. The summed E-state index contributed by atoms with van der Waals surface area (Å²) >= 11 is 0. The summed E-state index contributed by atoms with van der Waals surface area (Å²) in [6.07, 6.45) is 1.94. The predicted octanol–water partition coefficient (Wildman–Crippen LogP) is 2.89. The van der Waals surface area contributed by atoms with Crippen molar-refractivity contribution >= 4 is 11.9 Å². The summed E-state index contributed by atoms with van der Waals surface area (Å²) in [6, 6.07) is 19.8. The average molecular weight is 351 g/mol. The minimum absolute atomic E-state index is 0.0219. The van der Waals surface area contributed by atoms with E-state index in [0.29, 0.717) is 12.5 Å². The van der Waals surface area contributed by atoms with Gasteiger partial charge in [0.2, 0.25) is 5.91 Å². The summed E-state index contributed by atoms with van der Waals surface area (Å²) in [7, 11) is 0. The first-order chi connectivity index (χ1) is 12.7. The van der Waals surface area contributed by atoms with Crippen molar-refractivity contribution in [3.05, 3.63) is 71.8 Å². The molecule has 2 N–H and O–H groups in total. The Bertz CT molecular complexity index is 711. The van der Waals surface area contributed by atoms with Gasteiger partial charge in [-0.15, -0.1) is 0 Å². The molecule has 1 saturated heterocycles. The van der Waals surface area contributed by atoms with E-state index < -0.39 is 0 Å². The fraction of sp³-hybridized carbons (Fsp3) is 0.333. The van der Waals surface area contributed by atoms with E-state index in [0.717, 1.165) is 31.5 Å². The maximum Gasteiger partial charge on any atom is 0.315 e. The number of hydrogen-bond acceptors (Lipinski definition) is 2. The quantitative estimate of drug-likeness (QED) is 0.870. The molecule has 136 valence electrons. The van der Waals surface area contributed by atoms with Crippen LogP contribution in [-0.4, -0.2) is 36.5 Å². The van der Waals surface area contributed by atoms with Crippen LogP contribution in [0.5, 0.6) is 0 Å². The number of nitrogens with zero attached hydrogens (tertiary/aromatic N) is 1. The average Bonchev–Trinajstić information content (AvgIpc) is 2.72. The van der Waals surface area contributed by atoms with Crippen LogP contribution in [0.1, 0.15) is 29.9 Å². The van der Waals surface area contributed by atoms with E-state index in [9.17, 15) is 9.59 Å². The fourth-order valence-electron chi connectivity index (χ4n) is 3.30. The highest BCUT2D eigenvalue weighted by atomic mass is 16.2. The Balaban J connectivity index is 1.37. The minimum atomic E-state index is -0.318. The van der Waals surface area contributed by atoms with E-state index >= 15 is 0 Å². The van der Waals surface area contributed by atoms with Crippen LogP contribution < -0.4 is 10.6 Å². The number of likely N-dealkylation sites (tertiary alicyclic amines) is 1. The molecule has 0 aliphatic carbocycles. The van der Waals surface area contributed by atoms with Gasteiger partial charge in [0.25, 0.3) is 0 Å².